The van der Waals surface area contributed by atoms with Crippen molar-refractivity contribution in [1.82, 2.24) is 4.98 Å². The zero-order chi connectivity index (χ0) is 29.6. The first kappa shape index (κ1) is 32.0. The third-order valence-corrected chi connectivity index (χ3v) is 6.28. The minimum atomic E-state index is -1.36. The Morgan fingerprint density at radius 1 is 0.805 bits per heavy atom. The molecule has 0 amide bonds. The minimum absolute atomic E-state index is 0.0838. The van der Waals surface area contributed by atoms with Crippen LogP contribution in [-0.2, 0) is 25.4 Å². The molecule has 0 radical (unpaired) electrons. The molecule has 1 aromatic heterocycles. The minimum Gasteiger partial charge on any atom is -0.478 e. The van der Waals surface area contributed by atoms with E-state index in [0.29, 0.717) is 59.4 Å². The Labute approximate surface area is 237 Å². The first-order chi connectivity index (χ1) is 19.8. The number of nitrogens with two attached hydrogens (primary N) is 1. The van der Waals surface area contributed by atoms with Crippen LogP contribution < -0.4 is 5.73 Å². The van der Waals surface area contributed by atoms with E-state index < -0.39 is 23.4 Å². The molecule has 0 saturated heterocycles. The molecule has 0 unspecified atom stereocenters. The van der Waals surface area contributed by atoms with Crippen molar-refractivity contribution in [3.05, 3.63) is 82.2 Å². The van der Waals surface area contributed by atoms with E-state index >= 15 is 0 Å². The van der Waals surface area contributed by atoms with Crippen LogP contribution in [0.25, 0.3) is 11.1 Å². The normalized spacial score (nSPS) is 11.2. The lowest BCUT2D eigenvalue weighted by Crippen LogP contribution is -2.14. The fourth-order valence-corrected chi connectivity index (χ4v) is 4.18. The van der Waals surface area contributed by atoms with Gasteiger partial charge in [-0.15, -0.1) is 0 Å². The maximum atomic E-state index is 14.7. The number of aromatic carboxylic acids is 1. The van der Waals surface area contributed by atoms with Gasteiger partial charge in [0.15, 0.2) is 0 Å². The average Bonchev–Trinajstić information content (AvgIpc) is 3.40. The van der Waals surface area contributed by atoms with E-state index in [1.807, 2.05) is 0 Å². The highest BCUT2D eigenvalue weighted by Crippen LogP contribution is 2.35. The first-order valence-corrected chi connectivity index (χ1v) is 13.4. The maximum absolute atomic E-state index is 14.7. The number of carboxylic acids is 1. The van der Waals surface area contributed by atoms with Gasteiger partial charge in [-0.1, -0.05) is 24.3 Å². The third kappa shape index (κ3) is 9.27. The van der Waals surface area contributed by atoms with Crippen LogP contribution in [0.15, 0.2) is 42.6 Å². The van der Waals surface area contributed by atoms with E-state index in [0.717, 1.165) is 36.7 Å². The zero-order valence-electron chi connectivity index (χ0n) is 23.0. The summed E-state index contributed by atoms with van der Waals surface area (Å²) in [6.07, 6.45) is 2.60. The maximum Gasteiger partial charge on any atom is 0.337 e. The number of aromatic amines is 1. The zero-order valence-corrected chi connectivity index (χ0v) is 23.0. The first-order valence-electron chi connectivity index (χ1n) is 13.4. The summed E-state index contributed by atoms with van der Waals surface area (Å²) < 4.78 is 50.6. The second-order valence-corrected chi connectivity index (χ2v) is 9.15. The van der Waals surface area contributed by atoms with E-state index in [9.17, 15) is 23.5 Å². The number of aryl methyl sites for hydroxylation is 1. The number of rotatable bonds is 19. The van der Waals surface area contributed by atoms with Gasteiger partial charge < -0.3 is 34.8 Å². The lowest BCUT2D eigenvalue weighted by Gasteiger charge is -2.11. The molecule has 0 spiro atoms. The molecule has 222 valence electrons. The molecule has 0 saturated carbocycles. The van der Waals surface area contributed by atoms with Gasteiger partial charge in [-0.25, -0.2) is 13.6 Å². The molecule has 2 aromatic carbocycles. The smallest absolute Gasteiger partial charge is 0.337 e. The van der Waals surface area contributed by atoms with Crippen LogP contribution >= 0.6 is 0 Å². The Kier molecular flexibility index (Phi) is 13.1. The van der Waals surface area contributed by atoms with Crippen molar-refractivity contribution in [1.29, 1.82) is 0 Å². The summed E-state index contributed by atoms with van der Waals surface area (Å²) in [5.74, 6) is -3.42. The molecule has 4 N–H and O–H groups in total. The summed E-state index contributed by atoms with van der Waals surface area (Å²) in [6, 6.07) is 8.71. The summed E-state index contributed by atoms with van der Waals surface area (Å²) in [6.45, 7) is 5.81. The molecule has 0 aliphatic heterocycles. The van der Waals surface area contributed by atoms with Crippen LogP contribution in [-0.4, -0.2) is 81.2 Å². The Morgan fingerprint density at radius 3 is 1.95 bits per heavy atom. The number of ketones is 1. The quantitative estimate of drug-likeness (QED) is 0.144. The Hall–Kier alpha value is -3.48. The Balaban J connectivity index is 1.47. The number of nitrogens with one attached hydrogen (secondary N) is 1. The van der Waals surface area contributed by atoms with Gasteiger partial charge in [-0.3, -0.25) is 4.79 Å². The Morgan fingerprint density at radius 2 is 1.37 bits per heavy atom. The van der Waals surface area contributed by atoms with Gasteiger partial charge in [-0.05, 0) is 43.0 Å². The molecule has 41 heavy (non-hydrogen) atoms. The summed E-state index contributed by atoms with van der Waals surface area (Å²) in [5, 5.41) is 9.63. The lowest BCUT2D eigenvalue weighted by molar-refractivity contribution is -0.00118. The number of ether oxygens (including phenoxy) is 4. The van der Waals surface area contributed by atoms with Gasteiger partial charge >= 0.3 is 5.97 Å². The second kappa shape index (κ2) is 16.7. The third-order valence-electron chi connectivity index (χ3n) is 6.28. The summed E-state index contributed by atoms with van der Waals surface area (Å²) >= 11 is 0. The molecule has 0 fully saturated rings. The molecule has 3 aromatic rings. The van der Waals surface area contributed by atoms with E-state index in [-0.39, 0.29) is 33.5 Å². The predicted octanol–water partition coefficient (Wildman–Crippen LogP) is 4.16. The van der Waals surface area contributed by atoms with E-state index in [1.54, 1.807) is 24.3 Å². The second-order valence-electron chi connectivity index (χ2n) is 9.15. The van der Waals surface area contributed by atoms with Crippen molar-refractivity contribution < 1.29 is 42.4 Å². The van der Waals surface area contributed by atoms with Crippen LogP contribution in [0.1, 0.15) is 44.0 Å². The van der Waals surface area contributed by atoms with Crippen molar-refractivity contribution >= 4 is 11.8 Å². The molecular weight excluding hydrogens is 538 g/mol. The van der Waals surface area contributed by atoms with E-state index in [4.69, 9.17) is 24.7 Å². The fourth-order valence-electron chi connectivity index (χ4n) is 4.18. The van der Waals surface area contributed by atoms with Crippen molar-refractivity contribution in [2.75, 3.05) is 59.4 Å². The van der Waals surface area contributed by atoms with E-state index in [1.165, 1.54) is 6.92 Å². The summed E-state index contributed by atoms with van der Waals surface area (Å²) in [7, 11) is 0. The van der Waals surface area contributed by atoms with Crippen molar-refractivity contribution in [3.63, 3.8) is 0 Å². The molecule has 0 aliphatic carbocycles. The largest absolute Gasteiger partial charge is 0.478 e. The number of hydrogen-bond donors (Lipinski definition) is 3. The lowest BCUT2D eigenvalue weighted by atomic mass is 9.93. The summed E-state index contributed by atoms with van der Waals surface area (Å²) in [4.78, 5) is 27.8. The SMILES string of the molecule is Cc1c(F)ccc(F)c1-c1c(C(=O)O)c[nH]c1C(=O)c1ccc(CCCOCCOCCOCCOCCN)cc1. The molecule has 3 rings (SSSR count). The van der Waals surface area contributed by atoms with E-state index in [2.05, 4.69) is 4.98 Å². The van der Waals surface area contributed by atoms with Crippen LogP contribution in [0, 0.1) is 18.6 Å². The molecule has 0 bridgehead atoms. The fraction of sp³-hybridized carbons (Fsp3) is 0.400. The number of H-pyrrole nitrogens is 1. The van der Waals surface area contributed by atoms with Gasteiger partial charge in [0, 0.05) is 36.0 Å². The molecule has 9 nitrogen and oxygen atoms in total. The van der Waals surface area contributed by atoms with Gasteiger partial charge in [0.25, 0.3) is 0 Å². The standard InChI is InChI=1S/C30H36F2N2O7/c1-20-24(31)8-9-25(32)26(20)27-23(30(36)37)19-34-28(27)29(35)22-6-4-21(5-7-22)3-2-11-38-13-15-40-17-18-41-16-14-39-12-10-33/h4-9,19,34H,2-3,10-18,33H2,1H3,(H,36,37). The van der Waals surface area contributed by atoms with Gasteiger partial charge in [0.2, 0.25) is 5.78 Å². The van der Waals surface area contributed by atoms with Gasteiger partial charge in [0.1, 0.15) is 11.6 Å². The molecule has 0 aliphatic rings. The highest BCUT2D eigenvalue weighted by atomic mass is 19.1. The number of carbonyl (C=O) groups is 2. The highest BCUT2D eigenvalue weighted by Gasteiger charge is 2.27. The van der Waals surface area contributed by atoms with Crippen LogP contribution in [0.4, 0.5) is 8.78 Å². The number of benzene rings is 2. The van der Waals surface area contributed by atoms with Crippen LogP contribution in [0.5, 0.6) is 0 Å². The van der Waals surface area contributed by atoms with Crippen molar-refractivity contribution in [3.8, 4) is 11.1 Å². The summed E-state index contributed by atoms with van der Waals surface area (Å²) in [5.41, 5.74) is 5.63. The van der Waals surface area contributed by atoms with Gasteiger partial charge in [-0.2, -0.15) is 0 Å². The highest BCUT2D eigenvalue weighted by molar-refractivity contribution is 6.14. The Bertz CT molecular complexity index is 1280. The van der Waals surface area contributed by atoms with Crippen LogP contribution in [0.3, 0.4) is 0 Å². The topological polar surface area (TPSA) is 133 Å². The molecule has 0 atom stereocenters. The number of carbonyl (C=O) groups excluding carboxylic acids is 1. The molecular formula is C30H36F2N2O7. The van der Waals surface area contributed by atoms with Crippen LogP contribution in [0.2, 0.25) is 0 Å². The number of hydrogen-bond acceptors (Lipinski definition) is 7. The van der Waals surface area contributed by atoms with Gasteiger partial charge in [0.05, 0.1) is 57.5 Å². The molecule has 11 heteroatoms. The number of aromatic nitrogens is 1. The van der Waals surface area contributed by atoms with Crippen molar-refractivity contribution in [2.24, 2.45) is 5.73 Å². The predicted molar refractivity (Wildman–Crippen MR) is 148 cm³/mol. The average molecular weight is 575 g/mol. The number of halogens is 2. The monoisotopic (exact) mass is 574 g/mol. The molecule has 1 heterocycles. The number of carboxylic acid groups (broad SMARTS) is 1. The van der Waals surface area contributed by atoms with Crippen molar-refractivity contribution in [2.45, 2.75) is 19.8 Å².